The fourth-order valence-corrected chi connectivity index (χ4v) is 3.89. The minimum absolute atomic E-state index is 0.0559. The van der Waals surface area contributed by atoms with E-state index in [1.807, 2.05) is 24.3 Å². The average molecular weight is 386 g/mol. The molecule has 0 aromatic heterocycles. The third kappa shape index (κ3) is 4.86. The number of esters is 1. The topological polar surface area (TPSA) is 76.7 Å². The van der Waals surface area contributed by atoms with Crippen molar-refractivity contribution in [2.45, 2.75) is 65.0 Å². The molecule has 1 fully saturated rings. The number of urea groups is 1. The molecule has 2 aliphatic rings. The molecule has 0 spiro atoms. The summed E-state index contributed by atoms with van der Waals surface area (Å²) in [5, 5.41) is 5.55. The van der Waals surface area contributed by atoms with Crippen LogP contribution in [0.5, 0.6) is 5.75 Å². The molecule has 6 nitrogen and oxygen atoms in total. The lowest BCUT2D eigenvalue weighted by Gasteiger charge is -2.31. The minimum atomic E-state index is -0.539. The highest BCUT2D eigenvalue weighted by atomic mass is 16.5. The van der Waals surface area contributed by atoms with Gasteiger partial charge in [-0.25, -0.2) is 9.59 Å². The fourth-order valence-electron chi connectivity index (χ4n) is 3.89. The quantitative estimate of drug-likeness (QED) is 0.718. The Morgan fingerprint density at radius 1 is 1.21 bits per heavy atom. The van der Waals surface area contributed by atoms with Crippen molar-refractivity contribution in [3.8, 4) is 5.75 Å². The van der Waals surface area contributed by atoms with Crippen LogP contribution in [0.4, 0.5) is 4.79 Å². The highest BCUT2D eigenvalue weighted by molar-refractivity contribution is 5.95. The van der Waals surface area contributed by atoms with Gasteiger partial charge in [-0.15, -0.1) is 0 Å². The molecule has 2 N–H and O–H groups in total. The number of hydrogen-bond donors (Lipinski definition) is 2. The third-order valence-corrected chi connectivity index (χ3v) is 5.34. The molecule has 1 aliphatic heterocycles. The first-order valence-electron chi connectivity index (χ1n) is 10.2. The second kappa shape index (κ2) is 9.13. The Kier molecular flexibility index (Phi) is 6.60. The van der Waals surface area contributed by atoms with Crippen LogP contribution < -0.4 is 15.4 Å². The van der Waals surface area contributed by atoms with Gasteiger partial charge in [0.05, 0.1) is 18.2 Å². The Balaban J connectivity index is 1.79. The SMILES string of the molecule is CCCOc1ccc([C@@H]2NC(=O)NC(C)=C2C(=O)O[C@@H]2CCC[C@H](C)C2)cc1. The second-order valence-corrected chi connectivity index (χ2v) is 7.79. The molecule has 1 heterocycles. The summed E-state index contributed by atoms with van der Waals surface area (Å²) in [6, 6.07) is 6.62. The third-order valence-electron chi connectivity index (χ3n) is 5.34. The van der Waals surface area contributed by atoms with Gasteiger partial charge in [-0.1, -0.05) is 32.4 Å². The van der Waals surface area contributed by atoms with Gasteiger partial charge in [0.15, 0.2) is 0 Å². The van der Waals surface area contributed by atoms with Crippen LogP contribution in [-0.2, 0) is 9.53 Å². The maximum Gasteiger partial charge on any atom is 0.338 e. The molecule has 1 saturated carbocycles. The van der Waals surface area contributed by atoms with Crippen molar-refractivity contribution < 1.29 is 19.1 Å². The van der Waals surface area contributed by atoms with Crippen LogP contribution in [0.25, 0.3) is 0 Å². The van der Waals surface area contributed by atoms with Crippen molar-refractivity contribution in [2.24, 2.45) is 5.92 Å². The summed E-state index contributed by atoms with van der Waals surface area (Å²) in [4.78, 5) is 25.0. The zero-order valence-electron chi connectivity index (χ0n) is 16.9. The fraction of sp³-hybridized carbons (Fsp3) is 0.545. The molecule has 1 aromatic carbocycles. The van der Waals surface area contributed by atoms with Gasteiger partial charge in [0.1, 0.15) is 11.9 Å². The van der Waals surface area contributed by atoms with Crippen LogP contribution in [-0.4, -0.2) is 24.7 Å². The van der Waals surface area contributed by atoms with Crippen LogP contribution in [0.15, 0.2) is 35.5 Å². The monoisotopic (exact) mass is 386 g/mol. The summed E-state index contributed by atoms with van der Waals surface area (Å²) in [7, 11) is 0. The van der Waals surface area contributed by atoms with E-state index in [0.717, 1.165) is 37.0 Å². The Labute approximate surface area is 166 Å². The Morgan fingerprint density at radius 3 is 2.64 bits per heavy atom. The number of carbonyl (C=O) groups excluding carboxylic acids is 2. The van der Waals surface area contributed by atoms with Crippen molar-refractivity contribution in [3.63, 3.8) is 0 Å². The van der Waals surface area contributed by atoms with Crippen molar-refractivity contribution in [2.75, 3.05) is 6.61 Å². The molecule has 6 heteroatoms. The molecule has 3 rings (SSSR count). The van der Waals surface area contributed by atoms with E-state index >= 15 is 0 Å². The maximum atomic E-state index is 13.0. The van der Waals surface area contributed by atoms with Gasteiger partial charge >= 0.3 is 12.0 Å². The average Bonchev–Trinajstić information content (AvgIpc) is 2.66. The van der Waals surface area contributed by atoms with Crippen LogP contribution >= 0.6 is 0 Å². The van der Waals surface area contributed by atoms with Gasteiger partial charge in [0, 0.05) is 5.70 Å². The smallest absolute Gasteiger partial charge is 0.338 e. The highest BCUT2D eigenvalue weighted by Crippen LogP contribution is 2.31. The van der Waals surface area contributed by atoms with Crippen LogP contribution in [0.2, 0.25) is 0 Å². The van der Waals surface area contributed by atoms with Crippen LogP contribution in [0.3, 0.4) is 0 Å². The zero-order valence-corrected chi connectivity index (χ0v) is 16.9. The van der Waals surface area contributed by atoms with Crippen molar-refractivity contribution >= 4 is 12.0 Å². The van der Waals surface area contributed by atoms with Crippen molar-refractivity contribution in [1.82, 2.24) is 10.6 Å². The first-order chi connectivity index (χ1) is 13.5. The number of hydrogen-bond acceptors (Lipinski definition) is 4. The predicted octanol–water partition coefficient (Wildman–Crippen LogP) is 4.23. The van der Waals surface area contributed by atoms with Gasteiger partial charge in [-0.3, -0.25) is 0 Å². The Hall–Kier alpha value is -2.50. The van der Waals surface area contributed by atoms with E-state index in [1.54, 1.807) is 6.92 Å². The van der Waals surface area contributed by atoms with E-state index in [4.69, 9.17) is 9.47 Å². The molecule has 0 bridgehead atoms. The summed E-state index contributed by atoms with van der Waals surface area (Å²) in [6.45, 7) is 6.64. The summed E-state index contributed by atoms with van der Waals surface area (Å²) < 4.78 is 11.4. The number of amides is 2. The van der Waals surface area contributed by atoms with Gasteiger partial charge in [0.25, 0.3) is 0 Å². The van der Waals surface area contributed by atoms with Crippen LogP contribution in [0.1, 0.15) is 64.5 Å². The summed E-state index contributed by atoms with van der Waals surface area (Å²) in [6.07, 6.45) is 4.93. The lowest BCUT2D eigenvalue weighted by molar-refractivity contribution is -0.146. The number of rotatable bonds is 6. The molecule has 0 unspecified atom stereocenters. The first kappa shape index (κ1) is 20.2. The van der Waals surface area contributed by atoms with E-state index in [-0.39, 0.29) is 18.1 Å². The molecule has 2 amide bonds. The molecule has 0 saturated heterocycles. The normalized spacial score (nSPS) is 25.0. The summed E-state index contributed by atoms with van der Waals surface area (Å²) >= 11 is 0. The van der Waals surface area contributed by atoms with Crippen LogP contribution in [0, 0.1) is 5.92 Å². The lowest BCUT2D eigenvalue weighted by atomic mass is 9.88. The molecule has 152 valence electrons. The maximum absolute atomic E-state index is 13.0. The second-order valence-electron chi connectivity index (χ2n) is 7.79. The standard InChI is InChI=1S/C22H30N2O4/c1-4-12-27-17-10-8-16(9-11-17)20-19(15(3)23-22(26)24-20)21(25)28-18-7-5-6-14(2)13-18/h8-11,14,18,20H,4-7,12-13H2,1-3H3,(H2,23,24,26)/t14-,18+,20-/m0/s1. The molecular weight excluding hydrogens is 356 g/mol. The zero-order chi connectivity index (χ0) is 20.1. The van der Waals surface area contributed by atoms with Gasteiger partial charge in [-0.05, 0) is 56.2 Å². The van der Waals surface area contributed by atoms with E-state index in [1.165, 1.54) is 6.42 Å². The van der Waals surface area contributed by atoms with Gasteiger partial charge in [-0.2, -0.15) is 0 Å². The number of ether oxygens (including phenoxy) is 2. The van der Waals surface area contributed by atoms with Gasteiger partial charge < -0.3 is 20.1 Å². The first-order valence-corrected chi connectivity index (χ1v) is 10.2. The summed E-state index contributed by atoms with van der Waals surface area (Å²) in [5.74, 6) is 0.976. The molecular formula is C22H30N2O4. The number of benzene rings is 1. The largest absolute Gasteiger partial charge is 0.494 e. The number of nitrogens with one attached hydrogen (secondary N) is 2. The number of carbonyl (C=O) groups is 2. The van der Waals surface area contributed by atoms with Gasteiger partial charge in [0.2, 0.25) is 0 Å². The molecule has 0 radical (unpaired) electrons. The van der Waals surface area contributed by atoms with E-state index in [0.29, 0.717) is 23.8 Å². The van der Waals surface area contributed by atoms with Crippen molar-refractivity contribution in [3.05, 3.63) is 41.1 Å². The van der Waals surface area contributed by atoms with Crippen molar-refractivity contribution in [1.29, 1.82) is 0 Å². The molecule has 1 aromatic rings. The minimum Gasteiger partial charge on any atom is -0.494 e. The predicted molar refractivity (Wildman–Crippen MR) is 107 cm³/mol. The Bertz CT molecular complexity index is 741. The lowest BCUT2D eigenvalue weighted by Crippen LogP contribution is -2.45. The Morgan fingerprint density at radius 2 is 1.96 bits per heavy atom. The number of allylic oxidation sites excluding steroid dienone is 1. The molecule has 28 heavy (non-hydrogen) atoms. The molecule has 3 atom stereocenters. The van der Waals surface area contributed by atoms with E-state index < -0.39 is 6.04 Å². The molecule has 1 aliphatic carbocycles. The van der Waals surface area contributed by atoms with E-state index in [2.05, 4.69) is 24.5 Å². The van der Waals surface area contributed by atoms with E-state index in [9.17, 15) is 9.59 Å². The highest BCUT2D eigenvalue weighted by Gasteiger charge is 2.34. The summed E-state index contributed by atoms with van der Waals surface area (Å²) in [5.41, 5.74) is 1.82.